The quantitative estimate of drug-likeness (QED) is 0.171. The maximum atomic E-state index is 13.4. The van der Waals surface area contributed by atoms with Crippen LogP contribution in [0.4, 0.5) is 11.4 Å². The van der Waals surface area contributed by atoms with E-state index >= 15 is 0 Å². The number of aryl methyl sites for hydroxylation is 2. The summed E-state index contributed by atoms with van der Waals surface area (Å²) in [5, 5.41) is 6.00. The van der Waals surface area contributed by atoms with Gasteiger partial charge in [0.2, 0.25) is 11.8 Å². The Hall–Kier alpha value is -5.50. The summed E-state index contributed by atoms with van der Waals surface area (Å²) in [6, 6.07) is 29.4. The maximum absolute atomic E-state index is 13.4. The predicted octanol–water partition coefficient (Wildman–Crippen LogP) is 7.47. The number of likely N-dealkylation sites (tertiary alicyclic amines) is 2. The first-order valence-corrected chi connectivity index (χ1v) is 17.6. The van der Waals surface area contributed by atoms with Gasteiger partial charge in [-0.3, -0.25) is 19.2 Å². The Kier molecular flexibility index (Phi) is 10.9. The summed E-state index contributed by atoms with van der Waals surface area (Å²) in [4.78, 5) is 56.6. The number of anilines is 2. The Morgan fingerprint density at radius 1 is 0.580 bits per heavy atom. The van der Waals surface area contributed by atoms with E-state index in [4.69, 9.17) is 0 Å². The second-order valence-corrected chi connectivity index (χ2v) is 12.9. The van der Waals surface area contributed by atoms with Gasteiger partial charge in [-0.25, -0.2) is 0 Å². The monoisotopic (exact) mass is 668 g/mol. The number of hydrogen-bond donors (Lipinski definition) is 2. The Morgan fingerprint density at radius 2 is 0.960 bits per heavy atom. The molecule has 2 atom stereocenters. The number of nitrogens with zero attached hydrogens (tertiary/aromatic N) is 2. The molecule has 0 spiro atoms. The van der Waals surface area contributed by atoms with Crippen LogP contribution in [0.25, 0.3) is 12.2 Å². The van der Waals surface area contributed by atoms with Crippen molar-refractivity contribution in [3.8, 4) is 0 Å². The van der Waals surface area contributed by atoms with E-state index in [1.165, 1.54) is 0 Å². The molecular weight excluding hydrogens is 624 g/mol. The zero-order chi connectivity index (χ0) is 35.0. The number of carbonyl (C=O) groups is 4. The van der Waals surface area contributed by atoms with Gasteiger partial charge in [-0.05, 0) is 97.2 Å². The van der Waals surface area contributed by atoms with E-state index in [0.717, 1.165) is 47.9 Å². The molecule has 0 saturated carbocycles. The molecule has 2 N–H and O–H groups in total. The van der Waals surface area contributed by atoms with Crippen LogP contribution < -0.4 is 10.6 Å². The van der Waals surface area contributed by atoms with Crippen LogP contribution in [0.15, 0.2) is 97.1 Å². The van der Waals surface area contributed by atoms with Crippen LogP contribution in [-0.2, 0) is 22.4 Å². The highest BCUT2D eigenvalue weighted by atomic mass is 16.2. The molecule has 50 heavy (non-hydrogen) atoms. The highest BCUT2D eigenvalue weighted by Crippen LogP contribution is 2.26. The molecule has 4 amide bonds. The van der Waals surface area contributed by atoms with Gasteiger partial charge in [-0.1, -0.05) is 86.7 Å². The number of nitrogens with one attached hydrogen (secondary N) is 2. The first-order valence-electron chi connectivity index (χ1n) is 17.6. The van der Waals surface area contributed by atoms with Gasteiger partial charge >= 0.3 is 0 Å². The van der Waals surface area contributed by atoms with E-state index in [0.29, 0.717) is 48.4 Å². The molecule has 4 aromatic rings. The van der Waals surface area contributed by atoms with Gasteiger partial charge in [-0.2, -0.15) is 0 Å². The van der Waals surface area contributed by atoms with Gasteiger partial charge in [0.15, 0.2) is 0 Å². The van der Waals surface area contributed by atoms with Gasteiger partial charge in [0.05, 0.1) is 0 Å². The minimum Gasteiger partial charge on any atom is -0.327 e. The maximum Gasteiger partial charge on any atom is 0.254 e. The molecule has 2 fully saturated rings. The molecule has 2 saturated heterocycles. The Bertz CT molecular complexity index is 1750. The van der Waals surface area contributed by atoms with Gasteiger partial charge in [-0.15, -0.1) is 0 Å². The minimum atomic E-state index is -0.498. The van der Waals surface area contributed by atoms with Crippen LogP contribution in [0, 0.1) is 0 Å². The van der Waals surface area contributed by atoms with Gasteiger partial charge in [0.25, 0.3) is 11.8 Å². The summed E-state index contributed by atoms with van der Waals surface area (Å²) in [6.07, 6.45) is 8.36. The van der Waals surface area contributed by atoms with Crippen molar-refractivity contribution in [2.24, 2.45) is 0 Å². The smallest absolute Gasteiger partial charge is 0.254 e. The topological polar surface area (TPSA) is 98.8 Å². The number of carbonyl (C=O) groups excluding carboxylic acids is 4. The average Bonchev–Trinajstić information content (AvgIpc) is 3.86. The number of hydrogen-bond acceptors (Lipinski definition) is 4. The molecule has 8 heteroatoms. The third-order valence-corrected chi connectivity index (χ3v) is 9.71. The highest BCUT2D eigenvalue weighted by Gasteiger charge is 2.36. The van der Waals surface area contributed by atoms with Crippen LogP contribution in [0.3, 0.4) is 0 Å². The zero-order valence-electron chi connectivity index (χ0n) is 28.7. The first-order chi connectivity index (χ1) is 24.4. The second kappa shape index (κ2) is 15.8. The van der Waals surface area contributed by atoms with Crippen LogP contribution in [-0.4, -0.2) is 58.6 Å². The molecule has 0 radical (unpaired) electrons. The normalized spacial score (nSPS) is 17.2. The molecule has 0 bridgehead atoms. The van der Waals surface area contributed by atoms with E-state index in [-0.39, 0.29) is 23.6 Å². The summed E-state index contributed by atoms with van der Waals surface area (Å²) in [5.41, 5.74) is 6.60. The number of amides is 4. The molecule has 0 unspecified atom stereocenters. The highest BCUT2D eigenvalue weighted by molar-refractivity contribution is 6.03. The van der Waals surface area contributed by atoms with Crippen molar-refractivity contribution < 1.29 is 19.2 Å². The van der Waals surface area contributed by atoms with Crippen LogP contribution in [0.5, 0.6) is 0 Å². The zero-order valence-corrected chi connectivity index (χ0v) is 28.7. The Labute approximate surface area is 294 Å². The third kappa shape index (κ3) is 7.70. The van der Waals surface area contributed by atoms with Crippen molar-refractivity contribution >= 4 is 47.2 Å². The van der Waals surface area contributed by atoms with Crippen LogP contribution in [0.1, 0.15) is 82.5 Å². The summed E-state index contributed by atoms with van der Waals surface area (Å²) in [7, 11) is 0. The summed E-state index contributed by atoms with van der Waals surface area (Å²) in [6.45, 7) is 5.20. The second-order valence-electron chi connectivity index (χ2n) is 12.9. The van der Waals surface area contributed by atoms with Crippen LogP contribution in [0.2, 0.25) is 0 Å². The lowest BCUT2D eigenvalue weighted by Gasteiger charge is -2.25. The molecule has 2 heterocycles. The summed E-state index contributed by atoms with van der Waals surface area (Å²) < 4.78 is 0. The fourth-order valence-corrected chi connectivity index (χ4v) is 6.95. The molecular formula is C42H44N4O4. The van der Waals surface area contributed by atoms with Gasteiger partial charge in [0, 0.05) is 35.6 Å². The fourth-order valence-electron chi connectivity index (χ4n) is 6.95. The molecule has 0 aliphatic carbocycles. The van der Waals surface area contributed by atoms with E-state index in [1.54, 1.807) is 9.80 Å². The predicted molar refractivity (Wildman–Crippen MR) is 199 cm³/mol. The van der Waals surface area contributed by atoms with E-state index in [1.807, 2.05) is 123 Å². The summed E-state index contributed by atoms with van der Waals surface area (Å²) >= 11 is 0. The lowest BCUT2D eigenvalue weighted by molar-refractivity contribution is -0.120. The Morgan fingerprint density at radius 3 is 1.34 bits per heavy atom. The van der Waals surface area contributed by atoms with Crippen molar-refractivity contribution in [2.75, 3.05) is 23.7 Å². The van der Waals surface area contributed by atoms with Gasteiger partial charge in [0.1, 0.15) is 12.1 Å². The molecule has 2 aliphatic rings. The minimum absolute atomic E-state index is 0.0859. The average molecular weight is 669 g/mol. The number of benzene rings is 4. The third-order valence-electron chi connectivity index (χ3n) is 9.71. The van der Waals surface area contributed by atoms with Crippen LogP contribution >= 0.6 is 0 Å². The molecule has 6 rings (SSSR count). The van der Waals surface area contributed by atoms with Crippen molar-refractivity contribution in [3.05, 3.63) is 130 Å². The molecule has 2 aliphatic heterocycles. The van der Waals surface area contributed by atoms with E-state index < -0.39 is 12.1 Å². The van der Waals surface area contributed by atoms with E-state index in [9.17, 15) is 19.2 Å². The lowest BCUT2D eigenvalue weighted by atomic mass is 10.0. The van der Waals surface area contributed by atoms with Gasteiger partial charge < -0.3 is 20.4 Å². The molecule has 4 aromatic carbocycles. The first kappa shape index (κ1) is 34.4. The number of rotatable bonds is 10. The lowest BCUT2D eigenvalue weighted by Crippen LogP contribution is -2.43. The summed E-state index contributed by atoms with van der Waals surface area (Å²) in [5.74, 6) is -0.516. The molecule has 0 aromatic heterocycles. The molecule has 8 nitrogen and oxygen atoms in total. The largest absolute Gasteiger partial charge is 0.327 e. The van der Waals surface area contributed by atoms with Crippen molar-refractivity contribution in [1.82, 2.24) is 9.80 Å². The van der Waals surface area contributed by atoms with E-state index in [2.05, 4.69) is 10.6 Å². The standard InChI is InChI=1S/C42H44N4O4/c1-3-31-11-5-7-13-35(31)41(49)45-27-9-15-37(45)39(47)43-33-23-19-29(20-24-33)17-18-30-21-25-34(26-22-30)44-40(48)38-16-10-28-46(38)42(50)36-14-8-6-12-32(36)4-2/h5-8,11-14,17-26,37-38H,3-4,9-10,15-16,27-28H2,1-2H3,(H,43,47)(H,44,48)/b18-17+/t37-,38-/m0/s1. The van der Waals surface area contributed by atoms with Crippen molar-refractivity contribution in [1.29, 1.82) is 0 Å². The van der Waals surface area contributed by atoms with Crippen molar-refractivity contribution in [2.45, 2.75) is 64.5 Å². The fraction of sp³-hybridized carbons (Fsp3) is 0.286. The Balaban J connectivity index is 1.02. The molecule has 256 valence electrons. The SMILES string of the molecule is CCc1ccccc1C(=O)N1CCC[C@H]1C(=O)Nc1ccc(/C=C/c2ccc(NC(=O)[C@@H]3CCCN3C(=O)c3ccccc3CC)cc2)cc1. The van der Waals surface area contributed by atoms with Crippen molar-refractivity contribution in [3.63, 3.8) is 0 Å².